The molecule has 4 nitrogen and oxygen atoms in total. The van der Waals surface area contributed by atoms with E-state index < -0.39 is 6.04 Å². The summed E-state index contributed by atoms with van der Waals surface area (Å²) < 4.78 is 13.3. The van der Waals surface area contributed by atoms with Crippen molar-refractivity contribution in [3.05, 3.63) is 30.1 Å². The van der Waals surface area contributed by atoms with E-state index in [1.165, 1.54) is 12.1 Å². The maximum atomic E-state index is 13.3. The molecule has 0 saturated carbocycles. The van der Waals surface area contributed by atoms with Crippen LogP contribution >= 0.6 is 0 Å². The fraction of sp³-hybridized carbons (Fsp3) is 0.500. The average Bonchev–Trinajstić information content (AvgIpc) is 2.31. The molecule has 1 aromatic carbocycles. The zero-order chi connectivity index (χ0) is 14.0. The van der Waals surface area contributed by atoms with Crippen LogP contribution in [0.3, 0.4) is 0 Å². The van der Waals surface area contributed by atoms with Gasteiger partial charge in [-0.05, 0) is 38.5 Å². The van der Waals surface area contributed by atoms with Gasteiger partial charge in [-0.25, -0.2) is 4.39 Å². The molecule has 1 saturated heterocycles. The van der Waals surface area contributed by atoms with Crippen molar-refractivity contribution >= 4 is 11.6 Å². The van der Waals surface area contributed by atoms with Crippen LogP contribution in [-0.4, -0.2) is 35.7 Å². The zero-order valence-electron chi connectivity index (χ0n) is 11.2. The molecule has 2 rings (SSSR count). The molecule has 0 spiro atoms. The molecule has 1 amide bonds. The average molecular weight is 266 g/mol. The van der Waals surface area contributed by atoms with E-state index in [4.69, 9.17) is 5.11 Å². The molecule has 0 radical (unpaired) electrons. The van der Waals surface area contributed by atoms with E-state index in [0.717, 1.165) is 0 Å². The highest BCUT2D eigenvalue weighted by Crippen LogP contribution is 2.26. The molecule has 0 bridgehead atoms. The Morgan fingerprint density at radius 2 is 2.26 bits per heavy atom. The molecule has 1 heterocycles. The lowest BCUT2D eigenvalue weighted by molar-refractivity contribution is -0.125. The van der Waals surface area contributed by atoms with Gasteiger partial charge in [0.15, 0.2) is 0 Å². The Bertz CT molecular complexity index is 476. The standard InChI is InChI=1S/C14H19FN2O2/c1-14(2)9-17(11-5-3-4-10(15)8-11)12(6-7-18)13(19)16-14/h3-5,8,12,18H,6-7,9H2,1-2H3,(H,16,19). The number of benzene rings is 1. The first-order valence-corrected chi connectivity index (χ1v) is 6.38. The lowest BCUT2D eigenvalue weighted by atomic mass is 9.96. The maximum absolute atomic E-state index is 13.3. The van der Waals surface area contributed by atoms with Crippen LogP contribution in [0.15, 0.2) is 24.3 Å². The molecule has 1 atom stereocenters. The van der Waals surface area contributed by atoms with Crippen molar-refractivity contribution in [1.29, 1.82) is 0 Å². The van der Waals surface area contributed by atoms with Gasteiger partial charge in [0, 0.05) is 18.8 Å². The topological polar surface area (TPSA) is 52.6 Å². The number of amides is 1. The second-order valence-corrected chi connectivity index (χ2v) is 5.51. The molecule has 1 aliphatic rings. The third-order valence-electron chi connectivity index (χ3n) is 3.25. The van der Waals surface area contributed by atoms with E-state index in [-0.39, 0.29) is 23.9 Å². The van der Waals surface area contributed by atoms with Crippen molar-refractivity contribution < 1.29 is 14.3 Å². The third kappa shape index (κ3) is 3.04. The SMILES string of the molecule is CC1(C)CN(c2cccc(F)c2)C(CCO)C(=O)N1. The molecule has 0 aliphatic carbocycles. The van der Waals surface area contributed by atoms with Crippen molar-refractivity contribution in [2.45, 2.75) is 31.8 Å². The molecule has 1 unspecified atom stereocenters. The highest BCUT2D eigenvalue weighted by atomic mass is 19.1. The highest BCUT2D eigenvalue weighted by Gasteiger charge is 2.38. The van der Waals surface area contributed by atoms with Gasteiger partial charge in [-0.3, -0.25) is 4.79 Å². The van der Waals surface area contributed by atoms with Gasteiger partial charge in [-0.1, -0.05) is 6.07 Å². The summed E-state index contributed by atoms with van der Waals surface area (Å²) in [5.74, 6) is -0.460. The number of piperazine rings is 1. The van der Waals surface area contributed by atoms with Crippen molar-refractivity contribution in [1.82, 2.24) is 5.32 Å². The Labute approximate surface area is 112 Å². The number of halogens is 1. The summed E-state index contributed by atoms with van der Waals surface area (Å²) in [6, 6.07) is 5.74. The smallest absolute Gasteiger partial charge is 0.243 e. The fourth-order valence-electron chi connectivity index (χ4n) is 2.47. The number of nitrogens with zero attached hydrogens (tertiary/aromatic N) is 1. The quantitative estimate of drug-likeness (QED) is 0.867. The predicted octanol–water partition coefficient (Wildman–Crippen LogP) is 1.29. The Morgan fingerprint density at radius 1 is 1.53 bits per heavy atom. The minimum atomic E-state index is -0.458. The van der Waals surface area contributed by atoms with Crippen LogP contribution in [0.2, 0.25) is 0 Å². The number of nitrogens with one attached hydrogen (secondary N) is 1. The zero-order valence-corrected chi connectivity index (χ0v) is 11.2. The molecule has 5 heteroatoms. The lowest BCUT2D eigenvalue weighted by Crippen LogP contribution is -2.65. The molecule has 104 valence electrons. The molecular formula is C14H19FN2O2. The molecule has 1 fully saturated rings. The first-order chi connectivity index (χ1) is 8.93. The van der Waals surface area contributed by atoms with Gasteiger partial charge in [0.2, 0.25) is 5.91 Å². The Balaban J connectivity index is 2.34. The fourth-order valence-corrected chi connectivity index (χ4v) is 2.47. The minimum Gasteiger partial charge on any atom is -0.396 e. The van der Waals surface area contributed by atoms with E-state index in [0.29, 0.717) is 18.7 Å². The number of anilines is 1. The largest absolute Gasteiger partial charge is 0.396 e. The van der Waals surface area contributed by atoms with E-state index in [1.807, 2.05) is 18.7 Å². The van der Waals surface area contributed by atoms with Gasteiger partial charge in [0.25, 0.3) is 0 Å². The summed E-state index contributed by atoms with van der Waals surface area (Å²) in [5.41, 5.74) is 0.288. The van der Waals surface area contributed by atoms with Crippen molar-refractivity contribution in [3.8, 4) is 0 Å². The van der Waals surface area contributed by atoms with Crippen LogP contribution in [0.1, 0.15) is 20.3 Å². The third-order valence-corrected chi connectivity index (χ3v) is 3.25. The van der Waals surface area contributed by atoms with Crippen LogP contribution in [0, 0.1) is 5.82 Å². The second-order valence-electron chi connectivity index (χ2n) is 5.51. The van der Waals surface area contributed by atoms with Crippen LogP contribution in [0.25, 0.3) is 0 Å². The maximum Gasteiger partial charge on any atom is 0.243 e. The number of carbonyl (C=O) groups is 1. The molecule has 2 N–H and O–H groups in total. The molecule has 0 aromatic heterocycles. The van der Waals surface area contributed by atoms with Gasteiger partial charge in [-0.2, -0.15) is 0 Å². The number of rotatable bonds is 3. The molecular weight excluding hydrogens is 247 g/mol. The van der Waals surface area contributed by atoms with Gasteiger partial charge in [0.1, 0.15) is 11.9 Å². The van der Waals surface area contributed by atoms with Crippen molar-refractivity contribution in [3.63, 3.8) is 0 Å². The van der Waals surface area contributed by atoms with E-state index >= 15 is 0 Å². The summed E-state index contributed by atoms with van der Waals surface area (Å²) in [5, 5.41) is 12.0. The van der Waals surface area contributed by atoms with Crippen LogP contribution in [-0.2, 0) is 4.79 Å². The summed E-state index contributed by atoms with van der Waals surface area (Å²) in [6.45, 7) is 4.34. The molecule has 1 aliphatic heterocycles. The summed E-state index contributed by atoms with van der Waals surface area (Å²) in [7, 11) is 0. The normalized spacial score (nSPS) is 22.2. The summed E-state index contributed by atoms with van der Waals surface area (Å²) in [6.07, 6.45) is 0.332. The Hall–Kier alpha value is -1.62. The number of carbonyl (C=O) groups excluding carboxylic acids is 1. The van der Waals surface area contributed by atoms with Crippen LogP contribution in [0.4, 0.5) is 10.1 Å². The molecule has 1 aromatic rings. The highest BCUT2D eigenvalue weighted by molar-refractivity contribution is 5.87. The van der Waals surface area contributed by atoms with Gasteiger partial charge < -0.3 is 15.3 Å². The van der Waals surface area contributed by atoms with E-state index in [2.05, 4.69) is 5.32 Å². The Kier molecular flexibility index (Phi) is 3.75. The van der Waals surface area contributed by atoms with Gasteiger partial charge in [-0.15, -0.1) is 0 Å². The first kappa shape index (κ1) is 13.8. The van der Waals surface area contributed by atoms with E-state index in [1.54, 1.807) is 12.1 Å². The predicted molar refractivity (Wildman–Crippen MR) is 71.5 cm³/mol. The van der Waals surface area contributed by atoms with Gasteiger partial charge in [0.05, 0.1) is 5.54 Å². The van der Waals surface area contributed by atoms with Gasteiger partial charge >= 0.3 is 0 Å². The number of aliphatic hydroxyl groups is 1. The number of aliphatic hydroxyl groups excluding tert-OH is 1. The summed E-state index contributed by atoms with van der Waals surface area (Å²) in [4.78, 5) is 14.0. The van der Waals surface area contributed by atoms with Crippen LogP contribution in [0.5, 0.6) is 0 Å². The van der Waals surface area contributed by atoms with Crippen molar-refractivity contribution in [2.24, 2.45) is 0 Å². The van der Waals surface area contributed by atoms with Crippen molar-refractivity contribution in [2.75, 3.05) is 18.1 Å². The minimum absolute atomic E-state index is 0.0790. The lowest BCUT2D eigenvalue weighted by Gasteiger charge is -2.44. The molecule has 19 heavy (non-hydrogen) atoms. The number of hydrogen-bond acceptors (Lipinski definition) is 3. The van der Waals surface area contributed by atoms with E-state index in [9.17, 15) is 9.18 Å². The second kappa shape index (κ2) is 5.17. The number of hydrogen-bond donors (Lipinski definition) is 2. The van der Waals surface area contributed by atoms with Crippen LogP contribution < -0.4 is 10.2 Å². The monoisotopic (exact) mass is 266 g/mol. The Morgan fingerprint density at radius 3 is 2.89 bits per heavy atom. The first-order valence-electron chi connectivity index (χ1n) is 6.38. The summed E-state index contributed by atoms with van der Waals surface area (Å²) >= 11 is 0.